The molecule has 0 radical (unpaired) electrons. The number of nitrogens with zero attached hydrogens (tertiary/aromatic N) is 1. The van der Waals surface area contributed by atoms with Crippen molar-refractivity contribution in [2.45, 2.75) is 19.3 Å². The van der Waals surface area contributed by atoms with Gasteiger partial charge in [-0.3, -0.25) is 9.59 Å². The quantitative estimate of drug-likeness (QED) is 0.767. The van der Waals surface area contributed by atoms with Crippen LogP contribution in [-0.2, 0) is 9.59 Å². The van der Waals surface area contributed by atoms with E-state index < -0.39 is 0 Å². The number of allylic oxidation sites excluding steroid dienone is 3. The zero-order valence-electron chi connectivity index (χ0n) is 10.8. The highest BCUT2D eigenvalue weighted by Crippen LogP contribution is 2.36. The lowest BCUT2D eigenvalue weighted by atomic mass is 9.77. The Bertz CT molecular complexity index is 516. The first-order chi connectivity index (χ1) is 9.15. The Morgan fingerprint density at radius 3 is 3.00 bits per heavy atom. The van der Waals surface area contributed by atoms with E-state index >= 15 is 0 Å². The molecule has 0 spiro atoms. The van der Waals surface area contributed by atoms with Crippen molar-refractivity contribution in [3.63, 3.8) is 0 Å². The van der Waals surface area contributed by atoms with Crippen molar-refractivity contribution < 1.29 is 9.59 Å². The van der Waals surface area contributed by atoms with Crippen LogP contribution in [0.1, 0.15) is 19.3 Å². The van der Waals surface area contributed by atoms with Gasteiger partial charge in [0.15, 0.2) is 0 Å². The fourth-order valence-electron chi connectivity index (χ4n) is 3.24. The molecular formula is C15H18N2O2. The van der Waals surface area contributed by atoms with Crippen LogP contribution < -0.4 is 5.73 Å². The molecule has 0 aromatic heterocycles. The molecule has 2 atom stereocenters. The lowest BCUT2D eigenvalue weighted by Crippen LogP contribution is -2.34. The monoisotopic (exact) mass is 258 g/mol. The van der Waals surface area contributed by atoms with Crippen molar-refractivity contribution in [1.82, 2.24) is 4.90 Å². The van der Waals surface area contributed by atoms with E-state index in [9.17, 15) is 9.59 Å². The summed E-state index contributed by atoms with van der Waals surface area (Å²) >= 11 is 0. The Labute approximate surface area is 112 Å². The summed E-state index contributed by atoms with van der Waals surface area (Å²) in [6.07, 6.45) is 10.1. The average molecular weight is 258 g/mol. The van der Waals surface area contributed by atoms with Gasteiger partial charge < -0.3 is 10.6 Å². The molecule has 0 bridgehead atoms. The van der Waals surface area contributed by atoms with E-state index in [1.54, 1.807) is 6.08 Å². The molecule has 0 aromatic rings. The van der Waals surface area contributed by atoms with Gasteiger partial charge in [0.25, 0.3) is 0 Å². The second-order valence-electron chi connectivity index (χ2n) is 5.55. The van der Waals surface area contributed by atoms with Crippen molar-refractivity contribution in [2.75, 3.05) is 13.1 Å². The van der Waals surface area contributed by atoms with Gasteiger partial charge in [0, 0.05) is 19.0 Å². The average Bonchev–Trinajstić information content (AvgIpc) is 2.54. The van der Waals surface area contributed by atoms with Crippen LogP contribution in [0.3, 0.4) is 0 Å². The third kappa shape index (κ3) is 2.23. The minimum Gasteiger partial charge on any atom is -0.369 e. The number of carbonyl (C=O) groups excluding carboxylic acids is 2. The molecular weight excluding hydrogens is 240 g/mol. The fourth-order valence-corrected chi connectivity index (χ4v) is 3.24. The Morgan fingerprint density at radius 2 is 2.21 bits per heavy atom. The lowest BCUT2D eigenvalue weighted by Gasteiger charge is -2.33. The van der Waals surface area contributed by atoms with Crippen LogP contribution in [0.5, 0.6) is 0 Å². The van der Waals surface area contributed by atoms with Gasteiger partial charge >= 0.3 is 0 Å². The molecule has 1 aliphatic carbocycles. The molecule has 0 aromatic carbocycles. The van der Waals surface area contributed by atoms with Crippen molar-refractivity contribution in [2.24, 2.45) is 17.6 Å². The van der Waals surface area contributed by atoms with Crippen molar-refractivity contribution in [1.29, 1.82) is 0 Å². The number of amides is 1. The van der Waals surface area contributed by atoms with Gasteiger partial charge in [-0.1, -0.05) is 17.7 Å². The minimum absolute atomic E-state index is 0.0620. The molecule has 2 aliphatic heterocycles. The fraction of sp³-hybridized carbons (Fsp3) is 0.467. The summed E-state index contributed by atoms with van der Waals surface area (Å²) in [4.78, 5) is 25.7. The Morgan fingerprint density at radius 1 is 1.37 bits per heavy atom. The molecule has 2 N–H and O–H groups in total. The van der Waals surface area contributed by atoms with E-state index in [1.165, 1.54) is 0 Å². The van der Waals surface area contributed by atoms with E-state index in [0.29, 0.717) is 12.3 Å². The zero-order valence-corrected chi connectivity index (χ0v) is 10.8. The van der Waals surface area contributed by atoms with Gasteiger partial charge in [0.05, 0.1) is 5.70 Å². The van der Waals surface area contributed by atoms with Gasteiger partial charge in [-0.15, -0.1) is 0 Å². The van der Waals surface area contributed by atoms with Crippen LogP contribution in [0.4, 0.5) is 0 Å². The Balaban J connectivity index is 1.88. The Hall–Kier alpha value is -1.84. The summed E-state index contributed by atoms with van der Waals surface area (Å²) in [6.45, 7) is 1.67. The first kappa shape index (κ1) is 12.2. The summed E-state index contributed by atoms with van der Waals surface area (Å²) in [5.74, 6) is 0.108. The van der Waals surface area contributed by atoms with Crippen LogP contribution >= 0.6 is 0 Å². The van der Waals surface area contributed by atoms with Gasteiger partial charge in [0.1, 0.15) is 0 Å². The normalized spacial score (nSPS) is 29.9. The molecule has 0 saturated heterocycles. The third-order valence-corrected chi connectivity index (χ3v) is 4.34. The summed E-state index contributed by atoms with van der Waals surface area (Å²) < 4.78 is 0. The highest BCUT2D eigenvalue weighted by Gasteiger charge is 2.33. The smallest absolute Gasteiger partial charge is 0.220 e. The van der Waals surface area contributed by atoms with Crippen LogP contribution in [0, 0.1) is 11.8 Å². The molecule has 100 valence electrons. The highest BCUT2D eigenvalue weighted by molar-refractivity contribution is 6.04. The van der Waals surface area contributed by atoms with Crippen LogP contribution in [0.15, 0.2) is 35.6 Å². The number of fused-ring (bicyclic) bond motifs is 2. The number of hydrogen-bond donors (Lipinski definition) is 1. The van der Waals surface area contributed by atoms with Crippen molar-refractivity contribution in [3.05, 3.63) is 35.6 Å². The molecule has 1 amide bonds. The number of carbonyl (C=O) groups is 2. The largest absolute Gasteiger partial charge is 0.369 e. The predicted octanol–water partition coefficient (Wildman–Crippen LogP) is 1.15. The number of ketones is 1. The molecule has 19 heavy (non-hydrogen) atoms. The molecule has 3 aliphatic rings. The van der Waals surface area contributed by atoms with Crippen molar-refractivity contribution >= 4 is 11.7 Å². The summed E-state index contributed by atoms with van der Waals surface area (Å²) in [5.41, 5.74) is 7.28. The van der Waals surface area contributed by atoms with Crippen molar-refractivity contribution in [3.8, 4) is 0 Å². The second kappa shape index (κ2) is 4.68. The maximum atomic E-state index is 12.2. The first-order valence-corrected chi connectivity index (χ1v) is 6.81. The van der Waals surface area contributed by atoms with E-state index in [2.05, 4.69) is 11.0 Å². The van der Waals surface area contributed by atoms with E-state index in [1.807, 2.05) is 12.2 Å². The molecule has 2 heterocycles. The summed E-state index contributed by atoms with van der Waals surface area (Å²) in [7, 11) is 0. The topological polar surface area (TPSA) is 63.4 Å². The molecule has 2 unspecified atom stereocenters. The molecule has 1 saturated carbocycles. The zero-order chi connectivity index (χ0) is 13.4. The minimum atomic E-state index is -0.241. The van der Waals surface area contributed by atoms with Crippen LogP contribution in [0.2, 0.25) is 0 Å². The van der Waals surface area contributed by atoms with Gasteiger partial charge in [-0.25, -0.2) is 0 Å². The van der Waals surface area contributed by atoms with Gasteiger partial charge in [-0.05, 0) is 37.3 Å². The SMILES string of the molecule is NC(=O)C1CCC2CN3CC=CC=C3C(=O)C=C2C1. The number of primary amides is 1. The standard InChI is InChI=1S/C15H18N2O2/c16-15(19)10-4-5-11-9-17-6-2-1-3-13(17)14(18)8-12(11)7-10/h1-3,8,10-11H,4-7,9H2,(H2,16,19). The molecule has 4 heteroatoms. The number of nitrogens with two attached hydrogens (primary N) is 1. The van der Waals surface area contributed by atoms with Gasteiger partial charge in [-0.2, -0.15) is 0 Å². The van der Waals surface area contributed by atoms with Crippen LogP contribution in [0.25, 0.3) is 0 Å². The maximum absolute atomic E-state index is 12.2. The lowest BCUT2D eigenvalue weighted by molar-refractivity contribution is -0.122. The molecule has 4 nitrogen and oxygen atoms in total. The molecule has 3 rings (SSSR count). The molecule has 1 fully saturated rings. The van der Waals surface area contributed by atoms with Crippen LogP contribution in [-0.4, -0.2) is 29.7 Å². The summed E-state index contributed by atoms with van der Waals surface area (Å²) in [5, 5.41) is 0. The Kier molecular flexibility index (Phi) is 3.01. The third-order valence-electron chi connectivity index (χ3n) is 4.34. The number of rotatable bonds is 1. The number of hydrogen-bond acceptors (Lipinski definition) is 3. The van der Waals surface area contributed by atoms with E-state index in [0.717, 1.165) is 37.2 Å². The second-order valence-corrected chi connectivity index (χ2v) is 5.55. The van der Waals surface area contributed by atoms with E-state index in [-0.39, 0.29) is 17.6 Å². The van der Waals surface area contributed by atoms with Gasteiger partial charge in [0.2, 0.25) is 11.7 Å². The van der Waals surface area contributed by atoms with E-state index in [4.69, 9.17) is 5.73 Å². The highest BCUT2D eigenvalue weighted by atomic mass is 16.1. The predicted molar refractivity (Wildman–Crippen MR) is 71.9 cm³/mol. The maximum Gasteiger partial charge on any atom is 0.220 e. The first-order valence-electron chi connectivity index (χ1n) is 6.81. The summed E-state index contributed by atoms with van der Waals surface area (Å²) in [6, 6.07) is 0.